The lowest BCUT2D eigenvalue weighted by molar-refractivity contribution is -0.136. The van der Waals surface area contributed by atoms with E-state index in [0.717, 1.165) is 16.0 Å². The van der Waals surface area contributed by atoms with Crippen molar-refractivity contribution in [2.45, 2.75) is 17.9 Å². The zero-order chi connectivity index (χ0) is 25.4. The lowest BCUT2D eigenvalue weighted by atomic mass is 9.96. The van der Waals surface area contributed by atoms with Gasteiger partial charge in [-0.25, -0.2) is 9.79 Å². The molecule has 9 heteroatoms. The quantitative estimate of drug-likeness (QED) is 0.264. The molecule has 0 amide bonds. The third-order valence-corrected chi connectivity index (χ3v) is 7.83. The predicted molar refractivity (Wildman–Crippen MR) is 143 cm³/mol. The Balaban J connectivity index is 1.64. The number of hydrogen-bond acceptors (Lipinski definition) is 7. The van der Waals surface area contributed by atoms with Gasteiger partial charge in [0.25, 0.3) is 5.56 Å². The van der Waals surface area contributed by atoms with E-state index < -0.39 is 12.0 Å². The molecule has 0 fully saturated rings. The van der Waals surface area contributed by atoms with Crippen LogP contribution in [0.25, 0.3) is 17.4 Å². The Morgan fingerprint density at radius 3 is 2.67 bits per heavy atom. The van der Waals surface area contributed by atoms with Crippen LogP contribution in [0.4, 0.5) is 0 Å². The molecule has 0 saturated carbocycles. The van der Waals surface area contributed by atoms with Crippen molar-refractivity contribution >= 4 is 46.7 Å². The lowest BCUT2D eigenvalue weighted by Gasteiger charge is -2.24. The molecule has 0 aliphatic carbocycles. The molecular formula is C27H21ClN2O4S2. The number of carbonyl (C=O) groups excluding carboxylic acids is 1. The number of furan rings is 1. The molecule has 36 heavy (non-hydrogen) atoms. The molecule has 5 rings (SSSR count). The first-order chi connectivity index (χ1) is 17.4. The predicted octanol–water partition coefficient (Wildman–Crippen LogP) is 5.04. The van der Waals surface area contributed by atoms with Crippen LogP contribution in [0.15, 0.2) is 91.0 Å². The summed E-state index contributed by atoms with van der Waals surface area (Å²) < 4.78 is 13.0. The van der Waals surface area contributed by atoms with Crippen LogP contribution in [0, 0.1) is 0 Å². The third kappa shape index (κ3) is 4.48. The van der Waals surface area contributed by atoms with Crippen LogP contribution in [-0.2, 0) is 9.53 Å². The fraction of sp³-hybridized carbons (Fsp3) is 0.148. The number of benzene rings is 2. The number of esters is 1. The smallest absolute Gasteiger partial charge is 0.338 e. The molecule has 4 aromatic rings. The highest BCUT2D eigenvalue weighted by Crippen LogP contribution is 2.31. The Morgan fingerprint density at radius 1 is 1.19 bits per heavy atom. The van der Waals surface area contributed by atoms with Crippen molar-refractivity contribution in [2.75, 3.05) is 13.4 Å². The largest absolute Gasteiger partial charge is 0.466 e. The fourth-order valence-corrected chi connectivity index (χ4v) is 5.78. The van der Waals surface area contributed by atoms with E-state index in [4.69, 9.17) is 20.8 Å². The molecule has 3 heterocycles. The number of rotatable bonds is 5. The van der Waals surface area contributed by atoms with Crippen molar-refractivity contribution in [2.24, 2.45) is 4.99 Å². The number of allylic oxidation sites excluding steroid dienone is 1. The summed E-state index contributed by atoms with van der Waals surface area (Å²) in [5.74, 6) is 0.661. The molecule has 2 aromatic carbocycles. The highest BCUT2D eigenvalue weighted by Gasteiger charge is 2.33. The minimum absolute atomic E-state index is 0.257. The van der Waals surface area contributed by atoms with Gasteiger partial charge in [0.1, 0.15) is 11.5 Å². The van der Waals surface area contributed by atoms with Gasteiger partial charge >= 0.3 is 5.97 Å². The highest BCUT2D eigenvalue weighted by atomic mass is 35.5. The molecule has 0 spiro atoms. The monoisotopic (exact) mass is 536 g/mol. The van der Waals surface area contributed by atoms with Gasteiger partial charge in [0.05, 0.1) is 29.0 Å². The van der Waals surface area contributed by atoms with Gasteiger partial charge < -0.3 is 9.15 Å². The minimum Gasteiger partial charge on any atom is -0.466 e. The van der Waals surface area contributed by atoms with Crippen molar-refractivity contribution < 1.29 is 13.9 Å². The molecule has 0 radical (unpaired) electrons. The maximum absolute atomic E-state index is 13.7. The van der Waals surface area contributed by atoms with E-state index in [-0.39, 0.29) is 5.56 Å². The maximum Gasteiger partial charge on any atom is 0.338 e. The molecule has 1 unspecified atom stereocenters. The number of aromatic nitrogens is 1. The molecule has 0 bridgehead atoms. The topological polar surface area (TPSA) is 73.8 Å². The third-order valence-electron chi connectivity index (χ3n) is 5.87. The van der Waals surface area contributed by atoms with Crippen molar-refractivity contribution in [3.05, 3.63) is 108 Å². The van der Waals surface area contributed by atoms with Gasteiger partial charge in [0.15, 0.2) is 4.80 Å². The van der Waals surface area contributed by atoms with E-state index >= 15 is 0 Å². The number of methoxy groups -OCH3 is 1. The Hall–Kier alpha value is -3.33. The van der Waals surface area contributed by atoms with Gasteiger partial charge in [-0.3, -0.25) is 9.36 Å². The van der Waals surface area contributed by atoms with Crippen LogP contribution in [0.1, 0.15) is 24.3 Å². The normalized spacial score (nSPS) is 15.6. The molecule has 0 N–H and O–H groups in total. The number of halogens is 1. The van der Waals surface area contributed by atoms with Gasteiger partial charge in [-0.2, -0.15) is 0 Å². The lowest BCUT2D eigenvalue weighted by Crippen LogP contribution is -2.39. The number of nitrogens with zero attached hydrogens (tertiary/aromatic N) is 2. The Labute approximate surface area is 220 Å². The number of thioether (sulfide) groups is 1. The van der Waals surface area contributed by atoms with Crippen molar-refractivity contribution in [1.82, 2.24) is 4.57 Å². The van der Waals surface area contributed by atoms with Crippen molar-refractivity contribution in [3.8, 4) is 11.3 Å². The van der Waals surface area contributed by atoms with Gasteiger partial charge in [0, 0.05) is 21.6 Å². The number of hydrogen-bond donors (Lipinski definition) is 0. The minimum atomic E-state index is -0.648. The summed E-state index contributed by atoms with van der Waals surface area (Å²) in [7, 11) is 1.33. The Kier molecular flexibility index (Phi) is 6.75. The molecule has 182 valence electrons. The maximum atomic E-state index is 13.7. The van der Waals surface area contributed by atoms with E-state index in [0.29, 0.717) is 37.1 Å². The van der Waals surface area contributed by atoms with E-state index in [2.05, 4.69) is 4.99 Å². The first kappa shape index (κ1) is 24.4. The zero-order valence-electron chi connectivity index (χ0n) is 19.7. The number of thiazole rings is 1. The second-order valence-electron chi connectivity index (χ2n) is 8.06. The zero-order valence-corrected chi connectivity index (χ0v) is 22.0. The molecule has 0 saturated heterocycles. The van der Waals surface area contributed by atoms with Gasteiger partial charge in [-0.05, 0) is 55.1 Å². The average molecular weight is 537 g/mol. The first-order valence-corrected chi connectivity index (χ1v) is 13.4. The van der Waals surface area contributed by atoms with Gasteiger partial charge in [-0.15, -0.1) is 11.8 Å². The van der Waals surface area contributed by atoms with Crippen LogP contribution in [0.2, 0.25) is 5.02 Å². The van der Waals surface area contributed by atoms with E-state index in [1.54, 1.807) is 41.5 Å². The van der Waals surface area contributed by atoms with Crippen LogP contribution in [0.5, 0.6) is 0 Å². The van der Waals surface area contributed by atoms with Crippen LogP contribution in [0.3, 0.4) is 0 Å². The molecule has 1 aliphatic heterocycles. The highest BCUT2D eigenvalue weighted by molar-refractivity contribution is 7.98. The van der Waals surface area contributed by atoms with Gasteiger partial charge in [0.2, 0.25) is 0 Å². The molecule has 2 aromatic heterocycles. The summed E-state index contributed by atoms with van der Waals surface area (Å²) in [5.41, 5.74) is 2.25. The van der Waals surface area contributed by atoms with Crippen LogP contribution >= 0.6 is 34.7 Å². The van der Waals surface area contributed by atoms with Crippen molar-refractivity contribution in [1.29, 1.82) is 0 Å². The van der Waals surface area contributed by atoms with Gasteiger partial charge in [-0.1, -0.05) is 47.2 Å². The van der Waals surface area contributed by atoms with E-state index in [1.165, 1.54) is 18.4 Å². The summed E-state index contributed by atoms with van der Waals surface area (Å²) in [6.45, 7) is 1.76. The fourth-order valence-electron chi connectivity index (χ4n) is 4.15. The molecule has 1 aliphatic rings. The molecular weight excluding hydrogens is 516 g/mol. The van der Waals surface area contributed by atoms with Crippen LogP contribution < -0.4 is 14.9 Å². The average Bonchev–Trinajstić information content (AvgIpc) is 3.47. The SMILES string of the molecule is COC(=O)C1=C(C)N=c2sc(=Cc3ccc(-c4cccc(Cl)c4)o3)c(=O)n2C1c1ccc(SC)cc1. The summed E-state index contributed by atoms with van der Waals surface area (Å²) in [6.07, 6.45) is 3.69. The number of ether oxygens (including phenoxy) is 1. The second kappa shape index (κ2) is 9.97. The van der Waals surface area contributed by atoms with Crippen LogP contribution in [-0.4, -0.2) is 23.9 Å². The number of carbonyl (C=O) groups is 1. The second-order valence-corrected chi connectivity index (χ2v) is 10.4. The standard InChI is InChI=1S/C27H21ClN2O4S2/c1-15-23(26(32)33-2)24(16-7-10-20(35-3)11-8-16)30-25(31)22(36-27(30)29-15)14-19-9-12-21(34-19)17-5-4-6-18(28)13-17/h4-14,24H,1-3H3. The molecule has 6 nitrogen and oxygen atoms in total. The Bertz CT molecular complexity index is 1680. The van der Waals surface area contributed by atoms with E-state index in [9.17, 15) is 9.59 Å². The van der Waals surface area contributed by atoms with E-state index in [1.807, 2.05) is 54.8 Å². The molecule has 1 atom stereocenters. The number of fused-ring (bicyclic) bond motifs is 1. The Morgan fingerprint density at radius 2 is 1.97 bits per heavy atom. The van der Waals surface area contributed by atoms with Crippen molar-refractivity contribution in [3.63, 3.8) is 0 Å². The summed E-state index contributed by atoms with van der Waals surface area (Å²) in [4.78, 5) is 32.6. The summed E-state index contributed by atoms with van der Waals surface area (Å²) >= 11 is 8.98. The first-order valence-electron chi connectivity index (χ1n) is 11.0. The summed E-state index contributed by atoms with van der Waals surface area (Å²) in [6, 6.07) is 18.2. The summed E-state index contributed by atoms with van der Waals surface area (Å²) in [5, 5.41) is 0.612.